The van der Waals surface area contributed by atoms with Crippen molar-refractivity contribution in [1.29, 1.82) is 0 Å². The monoisotopic (exact) mass is 294 g/mol. The maximum atomic E-state index is 13.4. The molecular weight excluding hydrogens is 275 g/mol. The smallest absolute Gasteiger partial charge is 0.195 e. The molecule has 6 heteroatoms. The molecule has 2 rings (SSSR count). The first-order valence-electron chi connectivity index (χ1n) is 6.53. The van der Waals surface area contributed by atoms with Gasteiger partial charge in [0.25, 0.3) is 0 Å². The van der Waals surface area contributed by atoms with Gasteiger partial charge in [0.05, 0.1) is 0 Å². The summed E-state index contributed by atoms with van der Waals surface area (Å²) in [5.41, 5.74) is 0.935. The van der Waals surface area contributed by atoms with Crippen molar-refractivity contribution in [2.75, 3.05) is 0 Å². The molecule has 0 aliphatic heterocycles. The van der Waals surface area contributed by atoms with Crippen molar-refractivity contribution in [3.05, 3.63) is 35.4 Å². The number of rotatable bonds is 5. The van der Waals surface area contributed by atoms with Crippen LogP contribution in [0.4, 0.5) is 4.39 Å². The van der Waals surface area contributed by atoms with Gasteiger partial charge in [-0.1, -0.05) is 13.8 Å². The molecule has 0 fully saturated rings. The summed E-state index contributed by atoms with van der Waals surface area (Å²) in [5.74, 6) is 0.639. The van der Waals surface area contributed by atoms with Gasteiger partial charge in [-0.05, 0) is 42.4 Å². The molecular formula is C14H19FN4S. The summed E-state index contributed by atoms with van der Waals surface area (Å²) in [4.78, 5) is 0.995. The second kappa shape index (κ2) is 6.37. The molecule has 0 aliphatic carbocycles. The van der Waals surface area contributed by atoms with E-state index in [1.807, 2.05) is 18.5 Å². The largest absolute Gasteiger partial charge is 0.310 e. The van der Waals surface area contributed by atoms with Gasteiger partial charge in [0.15, 0.2) is 5.16 Å². The van der Waals surface area contributed by atoms with Gasteiger partial charge < -0.3 is 9.88 Å². The van der Waals surface area contributed by atoms with E-state index < -0.39 is 0 Å². The zero-order chi connectivity index (χ0) is 14.7. The Kier molecular flexibility index (Phi) is 4.77. The van der Waals surface area contributed by atoms with Gasteiger partial charge in [-0.3, -0.25) is 0 Å². The molecule has 20 heavy (non-hydrogen) atoms. The standard InChI is InChI=1S/C14H19FN4S/c1-9(2)16-8-11-7-12(15)5-6-13(11)20-14-18-17-10(3)19(14)4/h5-7,9,16H,8H2,1-4H3. The van der Waals surface area contributed by atoms with E-state index in [9.17, 15) is 4.39 Å². The summed E-state index contributed by atoms with van der Waals surface area (Å²) in [6.45, 7) is 6.67. The van der Waals surface area contributed by atoms with Gasteiger partial charge in [0.2, 0.25) is 0 Å². The molecule has 0 bridgehead atoms. The van der Waals surface area contributed by atoms with Gasteiger partial charge >= 0.3 is 0 Å². The average Bonchev–Trinajstić information content (AvgIpc) is 2.71. The van der Waals surface area contributed by atoms with E-state index in [2.05, 4.69) is 29.4 Å². The maximum Gasteiger partial charge on any atom is 0.195 e. The first-order chi connectivity index (χ1) is 9.47. The Bertz CT molecular complexity index is 595. The number of aromatic nitrogens is 3. The van der Waals surface area contributed by atoms with Crippen molar-refractivity contribution in [3.63, 3.8) is 0 Å². The van der Waals surface area contributed by atoms with E-state index in [4.69, 9.17) is 0 Å². The second-order valence-corrected chi connectivity index (χ2v) is 5.99. The summed E-state index contributed by atoms with van der Waals surface area (Å²) in [6, 6.07) is 5.19. The van der Waals surface area contributed by atoms with Crippen molar-refractivity contribution in [2.45, 2.75) is 43.4 Å². The molecule has 0 saturated heterocycles. The van der Waals surface area contributed by atoms with Crippen molar-refractivity contribution >= 4 is 11.8 Å². The average molecular weight is 294 g/mol. The van der Waals surface area contributed by atoms with Crippen molar-refractivity contribution < 1.29 is 4.39 Å². The number of hydrogen-bond donors (Lipinski definition) is 1. The lowest BCUT2D eigenvalue weighted by Crippen LogP contribution is -2.22. The lowest BCUT2D eigenvalue weighted by Gasteiger charge is -2.12. The van der Waals surface area contributed by atoms with Crippen LogP contribution >= 0.6 is 11.8 Å². The van der Waals surface area contributed by atoms with Crippen LogP contribution in [0, 0.1) is 12.7 Å². The van der Waals surface area contributed by atoms with E-state index in [1.165, 1.54) is 17.8 Å². The first-order valence-corrected chi connectivity index (χ1v) is 7.34. The number of nitrogens with one attached hydrogen (secondary N) is 1. The Labute approximate surface area is 122 Å². The fraction of sp³-hybridized carbons (Fsp3) is 0.429. The quantitative estimate of drug-likeness (QED) is 0.921. The topological polar surface area (TPSA) is 42.7 Å². The van der Waals surface area contributed by atoms with Crippen LogP contribution in [0.5, 0.6) is 0 Å². The zero-order valence-corrected chi connectivity index (χ0v) is 13.0. The number of hydrogen-bond acceptors (Lipinski definition) is 4. The number of nitrogens with zero attached hydrogens (tertiary/aromatic N) is 3. The van der Waals surface area contributed by atoms with Crippen LogP contribution < -0.4 is 5.32 Å². The third kappa shape index (κ3) is 3.58. The highest BCUT2D eigenvalue weighted by Crippen LogP contribution is 2.29. The summed E-state index contributed by atoms with van der Waals surface area (Å²) in [6.07, 6.45) is 0. The maximum absolute atomic E-state index is 13.4. The first kappa shape index (κ1) is 15.0. The molecule has 1 aromatic carbocycles. The van der Waals surface area contributed by atoms with Crippen LogP contribution in [0.2, 0.25) is 0 Å². The molecule has 0 radical (unpaired) electrons. The highest BCUT2D eigenvalue weighted by atomic mass is 32.2. The minimum Gasteiger partial charge on any atom is -0.310 e. The molecule has 108 valence electrons. The minimum absolute atomic E-state index is 0.218. The van der Waals surface area contributed by atoms with Crippen molar-refractivity contribution in [1.82, 2.24) is 20.1 Å². The molecule has 0 atom stereocenters. The normalized spacial score (nSPS) is 11.3. The molecule has 2 aromatic rings. The number of halogens is 1. The lowest BCUT2D eigenvalue weighted by molar-refractivity contribution is 0.576. The number of aryl methyl sites for hydroxylation is 1. The van der Waals surface area contributed by atoms with E-state index in [0.29, 0.717) is 12.6 Å². The molecule has 1 heterocycles. The Balaban J connectivity index is 2.24. The molecule has 0 spiro atoms. The molecule has 0 amide bonds. The Morgan fingerprint density at radius 3 is 2.70 bits per heavy atom. The Morgan fingerprint density at radius 1 is 1.35 bits per heavy atom. The van der Waals surface area contributed by atoms with E-state index >= 15 is 0 Å². The van der Waals surface area contributed by atoms with Gasteiger partial charge in [-0.2, -0.15) is 0 Å². The fourth-order valence-electron chi connectivity index (χ4n) is 1.67. The Hall–Kier alpha value is -1.40. The summed E-state index contributed by atoms with van der Waals surface area (Å²) < 4.78 is 15.3. The van der Waals surface area contributed by atoms with Crippen LogP contribution in [0.25, 0.3) is 0 Å². The second-order valence-electron chi connectivity index (χ2n) is 4.98. The summed E-state index contributed by atoms with van der Waals surface area (Å²) >= 11 is 1.50. The van der Waals surface area contributed by atoms with Crippen molar-refractivity contribution in [2.24, 2.45) is 7.05 Å². The highest BCUT2D eigenvalue weighted by molar-refractivity contribution is 7.99. The predicted octanol–water partition coefficient (Wildman–Crippen LogP) is 2.91. The predicted molar refractivity (Wildman–Crippen MR) is 78.2 cm³/mol. The van der Waals surface area contributed by atoms with Gasteiger partial charge in [0, 0.05) is 24.5 Å². The van der Waals surface area contributed by atoms with Crippen LogP contribution in [-0.2, 0) is 13.6 Å². The van der Waals surface area contributed by atoms with E-state index in [0.717, 1.165) is 21.4 Å². The molecule has 1 aromatic heterocycles. The lowest BCUT2D eigenvalue weighted by atomic mass is 10.2. The van der Waals surface area contributed by atoms with Crippen LogP contribution in [0.3, 0.4) is 0 Å². The zero-order valence-electron chi connectivity index (χ0n) is 12.1. The van der Waals surface area contributed by atoms with Gasteiger partial charge in [0.1, 0.15) is 11.6 Å². The van der Waals surface area contributed by atoms with Crippen LogP contribution in [0.15, 0.2) is 28.3 Å². The summed E-state index contributed by atoms with van der Waals surface area (Å²) in [7, 11) is 1.92. The van der Waals surface area contributed by atoms with Crippen LogP contribution in [-0.4, -0.2) is 20.8 Å². The molecule has 4 nitrogen and oxygen atoms in total. The van der Waals surface area contributed by atoms with E-state index in [-0.39, 0.29) is 5.82 Å². The molecule has 0 unspecified atom stereocenters. The van der Waals surface area contributed by atoms with Gasteiger partial charge in [-0.15, -0.1) is 10.2 Å². The molecule has 1 N–H and O–H groups in total. The third-order valence-electron chi connectivity index (χ3n) is 2.98. The highest BCUT2D eigenvalue weighted by Gasteiger charge is 2.11. The van der Waals surface area contributed by atoms with Crippen LogP contribution in [0.1, 0.15) is 25.2 Å². The third-order valence-corrected chi connectivity index (χ3v) is 4.13. The van der Waals surface area contributed by atoms with Gasteiger partial charge in [-0.25, -0.2) is 4.39 Å². The van der Waals surface area contributed by atoms with Crippen molar-refractivity contribution in [3.8, 4) is 0 Å². The Morgan fingerprint density at radius 2 is 2.10 bits per heavy atom. The molecule has 0 saturated carbocycles. The fourth-order valence-corrected chi connectivity index (χ4v) is 2.62. The summed E-state index contributed by atoms with van der Waals surface area (Å²) in [5, 5.41) is 12.3. The molecule has 0 aliphatic rings. The minimum atomic E-state index is -0.218. The van der Waals surface area contributed by atoms with E-state index in [1.54, 1.807) is 12.1 Å². The SMILES string of the molecule is Cc1nnc(Sc2ccc(F)cc2CNC(C)C)n1C. The number of benzene rings is 1.